The van der Waals surface area contributed by atoms with Gasteiger partial charge in [-0.2, -0.15) is 5.26 Å². The zero-order valence-electron chi connectivity index (χ0n) is 7.24. The molecule has 0 heterocycles. The number of hydrogen-bond acceptors (Lipinski definition) is 4. The third-order valence-electron chi connectivity index (χ3n) is 1.87. The van der Waals surface area contributed by atoms with Gasteiger partial charge in [0.2, 0.25) is 0 Å². The molecule has 0 saturated heterocycles. The van der Waals surface area contributed by atoms with Gasteiger partial charge >= 0.3 is 0 Å². The first kappa shape index (κ1) is 10.4. The van der Waals surface area contributed by atoms with E-state index in [2.05, 4.69) is 0 Å². The molecule has 4 nitrogen and oxygen atoms in total. The van der Waals surface area contributed by atoms with Gasteiger partial charge in [-0.3, -0.25) is 0 Å². The molecule has 0 aliphatic carbocycles. The lowest BCUT2D eigenvalue weighted by Gasteiger charge is -2.11. The number of nitrogens with two attached hydrogens (primary N) is 1. The van der Waals surface area contributed by atoms with Crippen LogP contribution in [0.4, 0.5) is 4.39 Å². The van der Waals surface area contributed by atoms with Crippen molar-refractivity contribution in [2.45, 2.75) is 6.04 Å². The zero-order valence-corrected chi connectivity index (χ0v) is 7.24. The van der Waals surface area contributed by atoms with Gasteiger partial charge in [0.1, 0.15) is 23.2 Å². The lowest BCUT2D eigenvalue weighted by atomic mass is 10.0. The second-order valence-electron chi connectivity index (χ2n) is 2.76. The Balaban J connectivity index is 3.30. The van der Waals surface area contributed by atoms with Crippen LogP contribution in [0.3, 0.4) is 0 Å². The van der Waals surface area contributed by atoms with Gasteiger partial charge < -0.3 is 15.9 Å². The highest BCUT2D eigenvalue weighted by Crippen LogP contribution is 2.28. The van der Waals surface area contributed by atoms with Crippen LogP contribution >= 0.6 is 0 Å². The number of aliphatic hydroxyl groups excluding tert-OH is 1. The Labute approximate surface area is 80.0 Å². The molecule has 1 aromatic rings. The predicted octanol–water partition coefficient (Wildman–Crippen LogP) is 0.395. The molecule has 0 spiro atoms. The number of hydrogen-bond donors (Lipinski definition) is 3. The topological polar surface area (TPSA) is 90.3 Å². The van der Waals surface area contributed by atoms with Crippen molar-refractivity contribution in [3.63, 3.8) is 0 Å². The van der Waals surface area contributed by atoms with E-state index in [1.165, 1.54) is 12.1 Å². The van der Waals surface area contributed by atoms with E-state index in [0.29, 0.717) is 0 Å². The van der Waals surface area contributed by atoms with Crippen LogP contribution < -0.4 is 5.73 Å². The van der Waals surface area contributed by atoms with Gasteiger partial charge in [-0.05, 0) is 6.07 Å². The van der Waals surface area contributed by atoms with Crippen LogP contribution in [0.25, 0.3) is 0 Å². The first-order valence-corrected chi connectivity index (χ1v) is 3.89. The third kappa shape index (κ3) is 1.66. The molecule has 4 N–H and O–H groups in total. The molecule has 1 atom stereocenters. The molecule has 1 unspecified atom stereocenters. The molecule has 0 aliphatic rings. The quantitative estimate of drug-likeness (QED) is 0.638. The number of nitrogens with zero attached hydrogens (tertiary/aromatic N) is 1. The lowest BCUT2D eigenvalue weighted by molar-refractivity contribution is 0.265. The number of nitriles is 1. The SMILES string of the molecule is N#Cc1c(F)ccc(C(N)CO)c1O. The number of phenolic OH excluding ortho intramolecular Hbond substituents is 1. The van der Waals surface area contributed by atoms with Crippen LogP contribution in [0.2, 0.25) is 0 Å². The molecule has 0 bridgehead atoms. The van der Waals surface area contributed by atoms with Crippen LogP contribution in [0.1, 0.15) is 17.2 Å². The minimum absolute atomic E-state index is 0.158. The number of aromatic hydroxyl groups is 1. The van der Waals surface area contributed by atoms with E-state index >= 15 is 0 Å². The summed E-state index contributed by atoms with van der Waals surface area (Å²) in [6.07, 6.45) is 0. The van der Waals surface area contributed by atoms with E-state index in [-0.39, 0.29) is 12.2 Å². The normalized spacial score (nSPS) is 12.1. The van der Waals surface area contributed by atoms with E-state index in [1.54, 1.807) is 0 Å². The van der Waals surface area contributed by atoms with Crippen molar-refractivity contribution >= 4 is 0 Å². The average Bonchev–Trinajstić information content (AvgIpc) is 2.18. The lowest BCUT2D eigenvalue weighted by Crippen LogP contribution is -2.15. The van der Waals surface area contributed by atoms with Gasteiger partial charge in [-0.25, -0.2) is 4.39 Å². The summed E-state index contributed by atoms with van der Waals surface area (Å²) in [6.45, 7) is -0.385. The van der Waals surface area contributed by atoms with Gasteiger partial charge in [-0.1, -0.05) is 6.07 Å². The molecule has 0 radical (unpaired) electrons. The second kappa shape index (κ2) is 4.05. The number of benzene rings is 1. The third-order valence-corrected chi connectivity index (χ3v) is 1.87. The molecule has 0 aliphatic heterocycles. The van der Waals surface area contributed by atoms with Crippen LogP contribution in [0.5, 0.6) is 5.75 Å². The molecular formula is C9H9FN2O2. The Kier molecular flexibility index (Phi) is 3.02. The summed E-state index contributed by atoms with van der Waals surface area (Å²) >= 11 is 0. The largest absolute Gasteiger partial charge is 0.506 e. The zero-order chi connectivity index (χ0) is 10.7. The maximum absolute atomic E-state index is 12.9. The van der Waals surface area contributed by atoms with Gasteiger partial charge in [0.15, 0.2) is 0 Å². The van der Waals surface area contributed by atoms with E-state index in [0.717, 1.165) is 6.07 Å². The molecule has 5 heteroatoms. The van der Waals surface area contributed by atoms with Crippen molar-refractivity contribution < 1.29 is 14.6 Å². The van der Waals surface area contributed by atoms with Crippen molar-refractivity contribution in [2.24, 2.45) is 5.73 Å². The van der Waals surface area contributed by atoms with Gasteiger partial charge in [0.25, 0.3) is 0 Å². The fourth-order valence-electron chi connectivity index (χ4n) is 1.09. The molecule has 14 heavy (non-hydrogen) atoms. The minimum atomic E-state index is -0.817. The highest BCUT2D eigenvalue weighted by molar-refractivity contribution is 5.49. The van der Waals surface area contributed by atoms with Crippen molar-refractivity contribution in [2.75, 3.05) is 6.61 Å². The van der Waals surface area contributed by atoms with Crippen LogP contribution in [0.15, 0.2) is 12.1 Å². The predicted molar refractivity (Wildman–Crippen MR) is 46.8 cm³/mol. The Morgan fingerprint density at radius 3 is 2.71 bits per heavy atom. The standard InChI is InChI=1S/C9H9FN2O2/c10-7-2-1-5(8(12)4-13)9(14)6(7)3-11/h1-2,8,13-14H,4,12H2. The molecule has 1 rings (SSSR count). The monoisotopic (exact) mass is 196 g/mol. The summed E-state index contributed by atoms with van der Waals surface area (Å²) in [5, 5.41) is 26.7. The van der Waals surface area contributed by atoms with Crippen LogP contribution in [-0.2, 0) is 0 Å². The number of phenols is 1. The Morgan fingerprint density at radius 1 is 1.57 bits per heavy atom. The van der Waals surface area contributed by atoms with E-state index in [9.17, 15) is 9.50 Å². The Morgan fingerprint density at radius 2 is 2.21 bits per heavy atom. The average molecular weight is 196 g/mol. The summed E-state index contributed by atoms with van der Waals surface area (Å²) in [7, 11) is 0. The molecular weight excluding hydrogens is 187 g/mol. The van der Waals surface area contributed by atoms with E-state index in [4.69, 9.17) is 16.1 Å². The molecule has 74 valence electrons. The number of halogens is 1. The fourth-order valence-corrected chi connectivity index (χ4v) is 1.09. The summed E-state index contributed by atoms with van der Waals surface area (Å²) in [5.74, 6) is -1.31. The summed E-state index contributed by atoms with van der Waals surface area (Å²) in [6, 6.07) is 2.98. The first-order valence-electron chi connectivity index (χ1n) is 3.89. The molecule has 0 amide bonds. The summed E-state index contributed by atoms with van der Waals surface area (Å²) in [5.41, 5.74) is 5.13. The van der Waals surface area contributed by atoms with Crippen LogP contribution in [-0.4, -0.2) is 16.8 Å². The van der Waals surface area contributed by atoms with Crippen molar-refractivity contribution in [1.82, 2.24) is 0 Å². The van der Waals surface area contributed by atoms with Crippen LogP contribution in [0, 0.1) is 17.1 Å². The summed E-state index contributed by atoms with van der Waals surface area (Å²) in [4.78, 5) is 0. The first-order chi connectivity index (χ1) is 6.61. The second-order valence-corrected chi connectivity index (χ2v) is 2.76. The molecule has 0 fully saturated rings. The van der Waals surface area contributed by atoms with E-state index in [1.807, 2.05) is 0 Å². The molecule has 0 saturated carbocycles. The molecule has 0 aromatic heterocycles. The van der Waals surface area contributed by atoms with Gasteiger partial charge in [0.05, 0.1) is 12.6 Å². The maximum atomic E-state index is 12.9. The minimum Gasteiger partial charge on any atom is -0.506 e. The summed E-state index contributed by atoms with van der Waals surface area (Å²) < 4.78 is 12.9. The van der Waals surface area contributed by atoms with Crippen molar-refractivity contribution in [3.05, 3.63) is 29.1 Å². The number of rotatable bonds is 2. The van der Waals surface area contributed by atoms with Gasteiger partial charge in [-0.15, -0.1) is 0 Å². The highest BCUT2D eigenvalue weighted by Gasteiger charge is 2.16. The Hall–Kier alpha value is -1.64. The number of aliphatic hydroxyl groups is 1. The smallest absolute Gasteiger partial charge is 0.144 e. The fraction of sp³-hybridized carbons (Fsp3) is 0.222. The Bertz CT molecular complexity index is 387. The van der Waals surface area contributed by atoms with Gasteiger partial charge in [0, 0.05) is 5.56 Å². The highest BCUT2D eigenvalue weighted by atomic mass is 19.1. The maximum Gasteiger partial charge on any atom is 0.144 e. The van der Waals surface area contributed by atoms with Crippen molar-refractivity contribution in [1.29, 1.82) is 5.26 Å². The molecule has 1 aromatic carbocycles. The van der Waals surface area contributed by atoms with Crippen molar-refractivity contribution in [3.8, 4) is 11.8 Å². The van der Waals surface area contributed by atoms with E-state index < -0.39 is 23.2 Å².